The first-order chi connectivity index (χ1) is 12.4. The van der Waals surface area contributed by atoms with Crippen LogP contribution in [0.1, 0.15) is 37.8 Å². The maximum absolute atomic E-state index is 13.6. The molecule has 0 aliphatic carbocycles. The second kappa shape index (κ2) is 7.39. The molecule has 2 heterocycles. The molecule has 3 rings (SSSR count). The molecule has 8 heteroatoms. The molecule has 5 nitrogen and oxygen atoms in total. The third-order valence-corrected chi connectivity index (χ3v) is 4.62. The molecule has 1 atom stereocenters. The lowest BCUT2D eigenvalue weighted by Gasteiger charge is -2.31. The minimum absolute atomic E-state index is 0.134. The summed E-state index contributed by atoms with van der Waals surface area (Å²) in [6, 6.07) is 3.42. The number of anilines is 2. The topological polar surface area (TPSA) is 50.2 Å². The molecule has 2 aromatic rings. The van der Waals surface area contributed by atoms with Crippen molar-refractivity contribution in [3.8, 4) is 0 Å². The van der Waals surface area contributed by atoms with Crippen LogP contribution >= 0.6 is 0 Å². The zero-order valence-electron chi connectivity index (χ0n) is 14.5. The monoisotopic (exact) mass is 366 g/mol. The minimum Gasteiger partial charge on any atom is -0.371 e. The molecular formula is C18H21F3N4O. The van der Waals surface area contributed by atoms with Crippen molar-refractivity contribution >= 4 is 17.3 Å². The molecule has 140 valence electrons. The highest BCUT2D eigenvalue weighted by Crippen LogP contribution is 2.39. The van der Waals surface area contributed by atoms with E-state index in [2.05, 4.69) is 10.3 Å². The first kappa shape index (κ1) is 18.3. The van der Waals surface area contributed by atoms with Crippen LogP contribution in [-0.2, 0) is 11.0 Å². The van der Waals surface area contributed by atoms with Gasteiger partial charge in [0.25, 0.3) is 0 Å². The lowest BCUT2D eigenvalue weighted by Crippen LogP contribution is -2.31. The molecule has 0 bridgehead atoms. The first-order valence-corrected chi connectivity index (χ1v) is 8.61. The van der Waals surface area contributed by atoms with E-state index in [4.69, 9.17) is 0 Å². The highest BCUT2D eigenvalue weighted by atomic mass is 19.4. The first-order valence-electron chi connectivity index (χ1n) is 8.61. The number of benzene rings is 1. The molecule has 1 aromatic heterocycles. The van der Waals surface area contributed by atoms with Crippen molar-refractivity contribution < 1.29 is 18.0 Å². The molecule has 1 saturated heterocycles. The van der Waals surface area contributed by atoms with Gasteiger partial charge in [0.15, 0.2) is 0 Å². The number of rotatable bonds is 4. The van der Waals surface area contributed by atoms with Gasteiger partial charge in [-0.15, -0.1) is 0 Å². The van der Waals surface area contributed by atoms with E-state index in [0.717, 1.165) is 25.3 Å². The van der Waals surface area contributed by atoms with E-state index in [1.165, 1.54) is 18.5 Å². The summed E-state index contributed by atoms with van der Waals surface area (Å²) in [6.45, 7) is 2.89. The zero-order valence-corrected chi connectivity index (χ0v) is 14.5. The number of piperidine rings is 1. The van der Waals surface area contributed by atoms with Gasteiger partial charge >= 0.3 is 6.18 Å². The Morgan fingerprint density at radius 1 is 1.23 bits per heavy atom. The Kier molecular flexibility index (Phi) is 5.20. The number of aromatic nitrogens is 2. The molecule has 1 N–H and O–H groups in total. The smallest absolute Gasteiger partial charge is 0.371 e. The van der Waals surface area contributed by atoms with Crippen LogP contribution < -0.4 is 10.2 Å². The van der Waals surface area contributed by atoms with Crippen molar-refractivity contribution in [2.45, 2.75) is 38.4 Å². The lowest BCUT2D eigenvalue weighted by molar-refractivity contribution is -0.137. The maximum atomic E-state index is 13.6. The Bertz CT molecular complexity index is 752. The highest BCUT2D eigenvalue weighted by molar-refractivity contribution is 5.93. The molecule has 1 unspecified atom stereocenters. The van der Waals surface area contributed by atoms with Gasteiger partial charge in [0.1, 0.15) is 6.04 Å². The molecule has 1 amide bonds. The second-order valence-corrected chi connectivity index (χ2v) is 6.45. The normalized spacial score (nSPS) is 16.4. The predicted molar refractivity (Wildman–Crippen MR) is 93.1 cm³/mol. The quantitative estimate of drug-likeness (QED) is 0.887. The van der Waals surface area contributed by atoms with Crippen LogP contribution in [0.15, 0.2) is 36.9 Å². The molecule has 26 heavy (non-hydrogen) atoms. The summed E-state index contributed by atoms with van der Waals surface area (Å²) in [7, 11) is 0. The van der Waals surface area contributed by atoms with Crippen molar-refractivity contribution in [1.82, 2.24) is 9.55 Å². The average molecular weight is 366 g/mol. The van der Waals surface area contributed by atoms with Gasteiger partial charge in [-0.05, 0) is 44.4 Å². The molecular weight excluding hydrogens is 345 g/mol. The molecule has 1 aliphatic heterocycles. The standard InChI is InChI=1S/C18H21F3N4O/c1-13(25-10-7-22-12-25)17(26)23-14-5-6-16(15(11-14)18(19,20)21)24-8-3-2-4-9-24/h5-7,10-13H,2-4,8-9H2,1H3,(H,23,26). The summed E-state index contributed by atoms with van der Waals surface area (Å²) in [5.41, 5.74) is -0.402. The van der Waals surface area contributed by atoms with Gasteiger partial charge in [-0.3, -0.25) is 4.79 Å². The third-order valence-electron chi connectivity index (χ3n) is 4.62. The number of carbonyl (C=O) groups excluding carboxylic acids is 1. The number of halogens is 3. The number of nitrogens with zero attached hydrogens (tertiary/aromatic N) is 3. The van der Waals surface area contributed by atoms with Crippen molar-refractivity contribution in [2.24, 2.45) is 0 Å². The summed E-state index contributed by atoms with van der Waals surface area (Å²) in [4.78, 5) is 17.9. The van der Waals surface area contributed by atoms with E-state index >= 15 is 0 Å². The Morgan fingerprint density at radius 2 is 1.96 bits per heavy atom. The van der Waals surface area contributed by atoms with Crippen molar-refractivity contribution in [3.05, 3.63) is 42.5 Å². The van der Waals surface area contributed by atoms with Crippen molar-refractivity contribution in [2.75, 3.05) is 23.3 Å². The van der Waals surface area contributed by atoms with Crippen molar-refractivity contribution in [3.63, 3.8) is 0 Å². The maximum Gasteiger partial charge on any atom is 0.418 e. The van der Waals surface area contributed by atoms with Gasteiger partial charge < -0.3 is 14.8 Å². The fourth-order valence-corrected chi connectivity index (χ4v) is 3.13. The average Bonchev–Trinajstić information content (AvgIpc) is 3.15. The Hall–Kier alpha value is -2.51. The molecule has 1 fully saturated rings. The number of nitrogens with one attached hydrogen (secondary N) is 1. The zero-order chi connectivity index (χ0) is 18.7. The number of hydrogen-bond acceptors (Lipinski definition) is 3. The van der Waals surface area contributed by atoms with Gasteiger partial charge in [0.2, 0.25) is 5.91 Å². The van der Waals surface area contributed by atoms with Gasteiger partial charge in [-0.1, -0.05) is 0 Å². The van der Waals surface area contributed by atoms with Crippen LogP contribution in [0.2, 0.25) is 0 Å². The second-order valence-electron chi connectivity index (χ2n) is 6.45. The summed E-state index contributed by atoms with van der Waals surface area (Å²) in [6.07, 6.45) is 2.99. The third kappa shape index (κ3) is 4.00. The highest BCUT2D eigenvalue weighted by Gasteiger charge is 2.35. The van der Waals surface area contributed by atoms with E-state index < -0.39 is 23.7 Å². The molecule has 1 aromatic carbocycles. The number of hydrogen-bond donors (Lipinski definition) is 1. The Labute approximate surface area is 149 Å². The van der Waals surface area contributed by atoms with Crippen LogP contribution in [-0.4, -0.2) is 28.5 Å². The molecule has 0 saturated carbocycles. The van der Waals surface area contributed by atoms with Gasteiger partial charge in [-0.2, -0.15) is 13.2 Å². The van der Waals surface area contributed by atoms with Crippen LogP contribution in [0.3, 0.4) is 0 Å². The fourth-order valence-electron chi connectivity index (χ4n) is 3.13. The SMILES string of the molecule is CC(C(=O)Nc1ccc(N2CCCCC2)c(C(F)(F)F)c1)n1ccnc1. The van der Waals surface area contributed by atoms with E-state index in [-0.39, 0.29) is 11.4 Å². The van der Waals surface area contributed by atoms with Crippen LogP contribution in [0.5, 0.6) is 0 Å². The molecule has 0 radical (unpaired) electrons. The Balaban J connectivity index is 1.83. The minimum atomic E-state index is -4.48. The fraction of sp³-hybridized carbons (Fsp3) is 0.444. The van der Waals surface area contributed by atoms with Gasteiger partial charge in [0, 0.05) is 36.9 Å². The number of alkyl halides is 3. The van der Waals surface area contributed by atoms with E-state index in [1.54, 1.807) is 28.8 Å². The molecule has 1 aliphatic rings. The van der Waals surface area contributed by atoms with Crippen LogP contribution in [0, 0.1) is 0 Å². The van der Waals surface area contributed by atoms with E-state index in [0.29, 0.717) is 13.1 Å². The number of imidazole rings is 1. The van der Waals surface area contributed by atoms with Crippen LogP contribution in [0.25, 0.3) is 0 Å². The summed E-state index contributed by atoms with van der Waals surface area (Å²) >= 11 is 0. The van der Waals surface area contributed by atoms with E-state index in [1.807, 2.05) is 0 Å². The Morgan fingerprint density at radius 3 is 2.58 bits per heavy atom. The number of carbonyl (C=O) groups is 1. The largest absolute Gasteiger partial charge is 0.418 e. The summed E-state index contributed by atoms with van der Waals surface area (Å²) in [5, 5.41) is 2.57. The number of amides is 1. The van der Waals surface area contributed by atoms with Gasteiger partial charge in [0.05, 0.1) is 11.9 Å². The van der Waals surface area contributed by atoms with Gasteiger partial charge in [-0.25, -0.2) is 4.98 Å². The molecule has 0 spiro atoms. The summed E-state index contributed by atoms with van der Waals surface area (Å²) < 4.78 is 42.2. The van der Waals surface area contributed by atoms with E-state index in [9.17, 15) is 18.0 Å². The predicted octanol–water partition coefficient (Wildman–Crippen LogP) is 4.09. The van der Waals surface area contributed by atoms with Crippen LogP contribution in [0.4, 0.5) is 24.5 Å². The van der Waals surface area contributed by atoms with Crippen molar-refractivity contribution in [1.29, 1.82) is 0 Å². The lowest BCUT2D eigenvalue weighted by atomic mass is 10.1. The summed E-state index contributed by atoms with van der Waals surface area (Å²) in [5.74, 6) is -0.401.